The summed E-state index contributed by atoms with van der Waals surface area (Å²) in [6.45, 7) is -0.0156. The van der Waals surface area contributed by atoms with Crippen LogP contribution in [0, 0.1) is 5.41 Å². The lowest BCUT2D eigenvalue weighted by molar-refractivity contribution is -0.251. The molecule has 22 heavy (non-hydrogen) atoms. The van der Waals surface area contributed by atoms with Gasteiger partial charge in [-0.1, -0.05) is 6.42 Å². The molecule has 2 atom stereocenters. The second kappa shape index (κ2) is 5.82. The first-order valence-electron chi connectivity index (χ1n) is 7.23. The number of rotatable bonds is 6. The number of aliphatic hydroxyl groups excluding tert-OH is 1. The molecular formula is C14H22F3N3O2. The summed E-state index contributed by atoms with van der Waals surface area (Å²) < 4.78 is 40.0. The molecule has 126 valence electrons. The molecule has 2 rings (SSSR count). The van der Waals surface area contributed by atoms with Gasteiger partial charge in [-0.05, 0) is 19.8 Å². The Bertz CT molecular complexity index is 504. The van der Waals surface area contributed by atoms with Crippen LogP contribution in [0.2, 0.25) is 0 Å². The predicted octanol–water partition coefficient (Wildman–Crippen LogP) is 1.53. The van der Waals surface area contributed by atoms with Crippen molar-refractivity contribution in [1.82, 2.24) is 15.1 Å². The van der Waals surface area contributed by atoms with Crippen molar-refractivity contribution >= 4 is 0 Å². The van der Waals surface area contributed by atoms with Gasteiger partial charge in [0.15, 0.2) is 5.60 Å². The molecule has 1 heterocycles. The fourth-order valence-electron chi connectivity index (χ4n) is 2.85. The highest BCUT2D eigenvalue weighted by molar-refractivity contribution is 5.17. The summed E-state index contributed by atoms with van der Waals surface area (Å²) in [5.74, 6) is 0. The fourth-order valence-corrected chi connectivity index (χ4v) is 2.85. The molecule has 0 bridgehead atoms. The van der Waals surface area contributed by atoms with E-state index >= 15 is 0 Å². The molecule has 1 aromatic heterocycles. The number of alkyl halides is 3. The van der Waals surface area contributed by atoms with E-state index in [9.17, 15) is 23.4 Å². The van der Waals surface area contributed by atoms with Crippen LogP contribution in [0.25, 0.3) is 0 Å². The summed E-state index contributed by atoms with van der Waals surface area (Å²) in [6.07, 6.45) is 0.958. The zero-order valence-electron chi connectivity index (χ0n) is 12.7. The third-order valence-electron chi connectivity index (χ3n) is 4.60. The number of nitrogens with zero attached hydrogens (tertiary/aromatic N) is 2. The first-order chi connectivity index (χ1) is 10.1. The van der Waals surface area contributed by atoms with Crippen LogP contribution in [0.1, 0.15) is 37.8 Å². The van der Waals surface area contributed by atoms with Gasteiger partial charge in [0.1, 0.15) is 0 Å². The number of nitrogens with one attached hydrogen (secondary N) is 1. The van der Waals surface area contributed by atoms with Crippen molar-refractivity contribution in [3.8, 4) is 0 Å². The first kappa shape index (κ1) is 17.2. The Hall–Kier alpha value is -1.12. The molecule has 3 N–H and O–H groups in total. The van der Waals surface area contributed by atoms with Crippen LogP contribution in [-0.2, 0) is 7.05 Å². The van der Waals surface area contributed by atoms with Gasteiger partial charge in [0.05, 0.1) is 12.8 Å². The third kappa shape index (κ3) is 3.13. The van der Waals surface area contributed by atoms with E-state index in [1.165, 1.54) is 0 Å². The zero-order valence-corrected chi connectivity index (χ0v) is 12.7. The van der Waals surface area contributed by atoms with Crippen molar-refractivity contribution in [2.75, 3.05) is 13.2 Å². The molecule has 0 amide bonds. The molecule has 0 spiro atoms. The molecule has 1 saturated carbocycles. The Morgan fingerprint density at radius 2 is 2.09 bits per heavy atom. The fraction of sp³-hybridized carbons (Fsp3) is 0.786. The standard InChI is InChI=1S/C14H22F3N3O2/c1-12(22,14(15,16)17)8-18-11(10-6-19-20(2)7-10)13(9-21)4-3-5-13/h6-7,11,18,21-22H,3-5,8-9H2,1-2H3/t11-,12-/m0/s1. The highest BCUT2D eigenvalue weighted by atomic mass is 19.4. The lowest BCUT2D eigenvalue weighted by Crippen LogP contribution is -2.54. The van der Waals surface area contributed by atoms with E-state index in [0.717, 1.165) is 26.2 Å². The topological polar surface area (TPSA) is 70.3 Å². The van der Waals surface area contributed by atoms with Crippen LogP contribution in [-0.4, -0.2) is 44.9 Å². The van der Waals surface area contributed by atoms with E-state index in [2.05, 4.69) is 10.4 Å². The molecule has 1 aliphatic rings. The van der Waals surface area contributed by atoms with E-state index < -0.39 is 29.8 Å². The van der Waals surface area contributed by atoms with E-state index in [4.69, 9.17) is 0 Å². The summed E-state index contributed by atoms with van der Waals surface area (Å²) in [5, 5.41) is 26.2. The Morgan fingerprint density at radius 3 is 2.45 bits per heavy atom. The maximum Gasteiger partial charge on any atom is 0.418 e. The molecule has 1 fully saturated rings. The van der Waals surface area contributed by atoms with Gasteiger partial charge in [0.25, 0.3) is 0 Å². The van der Waals surface area contributed by atoms with Crippen molar-refractivity contribution in [1.29, 1.82) is 0 Å². The summed E-state index contributed by atoms with van der Waals surface area (Å²) in [7, 11) is 1.72. The minimum Gasteiger partial charge on any atom is -0.396 e. The zero-order chi connectivity index (χ0) is 16.6. The Morgan fingerprint density at radius 1 is 1.45 bits per heavy atom. The lowest BCUT2D eigenvalue weighted by Gasteiger charge is -2.47. The SMILES string of the molecule is Cn1cc([C@H](NC[C@](C)(O)C(F)(F)F)C2(CO)CCC2)cn1. The number of aromatic nitrogens is 2. The second-order valence-electron chi connectivity index (χ2n) is 6.41. The maximum atomic E-state index is 12.8. The van der Waals surface area contributed by atoms with E-state index in [1.807, 2.05) is 0 Å². The molecule has 0 radical (unpaired) electrons. The second-order valence-corrected chi connectivity index (χ2v) is 6.41. The van der Waals surface area contributed by atoms with Gasteiger partial charge in [-0.2, -0.15) is 18.3 Å². The van der Waals surface area contributed by atoms with Crippen molar-refractivity contribution in [3.05, 3.63) is 18.0 Å². The van der Waals surface area contributed by atoms with Crippen LogP contribution in [0.3, 0.4) is 0 Å². The first-order valence-corrected chi connectivity index (χ1v) is 7.23. The molecule has 0 unspecified atom stereocenters. The van der Waals surface area contributed by atoms with Crippen LogP contribution >= 0.6 is 0 Å². The molecule has 1 aromatic rings. The maximum absolute atomic E-state index is 12.8. The summed E-state index contributed by atoms with van der Waals surface area (Å²) in [6, 6.07) is -0.478. The minimum atomic E-state index is -4.72. The molecule has 0 aromatic carbocycles. The normalized spacial score (nSPS) is 22.0. The third-order valence-corrected chi connectivity index (χ3v) is 4.60. The average Bonchev–Trinajstić information content (AvgIpc) is 2.77. The number of aryl methyl sites for hydroxylation is 1. The largest absolute Gasteiger partial charge is 0.418 e. The number of hydrogen-bond acceptors (Lipinski definition) is 4. The summed E-state index contributed by atoms with van der Waals surface area (Å²) in [4.78, 5) is 0. The molecule has 8 heteroatoms. The van der Waals surface area contributed by atoms with Crippen LogP contribution in [0.15, 0.2) is 12.4 Å². The van der Waals surface area contributed by atoms with Crippen LogP contribution in [0.4, 0.5) is 13.2 Å². The quantitative estimate of drug-likeness (QED) is 0.743. The number of hydrogen-bond donors (Lipinski definition) is 3. The Balaban J connectivity index is 2.19. The monoisotopic (exact) mass is 321 g/mol. The van der Waals surface area contributed by atoms with E-state index in [-0.39, 0.29) is 6.61 Å². The average molecular weight is 321 g/mol. The number of halogens is 3. The van der Waals surface area contributed by atoms with Gasteiger partial charge in [0.2, 0.25) is 0 Å². The van der Waals surface area contributed by atoms with Gasteiger partial charge in [-0.25, -0.2) is 0 Å². The molecular weight excluding hydrogens is 299 g/mol. The lowest BCUT2D eigenvalue weighted by atomic mass is 9.63. The van der Waals surface area contributed by atoms with E-state index in [0.29, 0.717) is 5.56 Å². The van der Waals surface area contributed by atoms with Crippen LogP contribution < -0.4 is 5.32 Å². The molecule has 0 aliphatic heterocycles. The molecule has 0 saturated heterocycles. The summed E-state index contributed by atoms with van der Waals surface area (Å²) in [5.41, 5.74) is -2.60. The van der Waals surface area contributed by atoms with Gasteiger partial charge < -0.3 is 15.5 Å². The highest BCUT2D eigenvalue weighted by Crippen LogP contribution is 2.50. The van der Waals surface area contributed by atoms with Gasteiger partial charge >= 0.3 is 6.18 Å². The smallest absolute Gasteiger partial charge is 0.396 e. The highest BCUT2D eigenvalue weighted by Gasteiger charge is 2.51. The van der Waals surface area contributed by atoms with Gasteiger partial charge in [0, 0.05) is 36.8 Å². The Kier molecular flexibility index (Phi) is 4.56. The van der Waals surface area contributed by atoms with Gasteiger partial charge in [-0.3, -0.25) is 4.68 Å². The molecule has 1 aliphatic carbocycles. The van der Waals surface area contributed by atoms with Crippen LogP contribution in [0.5, 0.6) is 0 Å². The van der Waals surface area contributed by atoms with Crippen molar-refractivity contribution in [3.63, 3.8) is 0 Å². The van der Waals surface area contributed by atoms with Gasteiger partial charge in [-0.15, -0.1) is 0 Å². The summed E-state index contributed by atoms with van der Waals surface area (Å²) >= 11 is 0. The Labute approximate surface area is 127 Å². The van der Waals surface area contributed by atoms with Crippen molar-refractivity contribution in [2.24, 2.45) is 12.5 Å². The number of aliphatic hydroxyl groups is 2. The van der Waals surface area contributed by atoms with Crippen molar-refractivity contribution < 1.29 is 23.4 Å². The van der Waals surface area contributed by atoms with E-state index in [1.54, 1.807) is 24.1 Å². The van der Waals surface area contributed by atoms with Crippen molar-refractivity contribution in [2.45, 2.75) is 44.0 Å². The molecule has 5 nitrogen and oxygen atoms in total. The minimum absolute atomic E-state index is 0.117. The predicted molar refractivity (Wildman–Crippen MR) is 74.0 cm³/mol.